The minimum absolute atomic E-state index is 0.0426. The van der Waals surface area contributed by atoms with E-state index < -0.39 is 11.6 Å². The van der Waals surface area contributed by atoms with Crippen LogP contribution in [0.5, 0.6) is 5.75 Å². The number of benzene rings is 3. The molecule has 0 unspecified atom stereocenters. The van der Waals surface area contributed by atoms with Crippen molar-refractivity contribution in [2.75, 3.05) is 19.8 Å². The van der Waals surface area contributed by atoms with Crippen molar-refractivity contribution in [2.24, 2.45) is 10.1 Å². The number of aliphatic imine (C=N–C) groups is 1. The Kier molecular flexibility index (Phi) is 10.1. The molecule has 1 heterocycles. The Morgan fingerprint density at radius 2 is 2.02 bits per heavy atom. The number of azide groups is 1. The van der Waals surface area contributed by atoms with Gasteiger partial charge in [-0.2, -0.15) is 0 Å². The van der Waals surface area contributed by atoms with Gasteiger partial charge < -0.3 is 19.9 Å². The van der Waals surface area contributed by atoms with E-state index in [0.29, 0.717) is 41.9 Å². The van der Waals surface area contributed by atoms with E-state index in [1.807, 2.05) is 24.3 Å². The van der Waals surface area contributed by atoms with E-state index in [4.69, 9.17) is 25.1 Å². The molecule has 0 fully saturated rings. The SMILES string of the molecule is C=CC[C@@]1(C(=O)NCCc2cccc(F)c2)N=C(c2ccc(OCCCO)cc2)O[C@@H]1c1ccccc1CN=[N+]=[N-]. The van der Waals surface area contributed by atoms with Crippen molar-refractivity contribution in [3.05, 3.63) is 124 Å². The maximum atomic E-state index is 14.0. The predicted molar refractivity (Wildman–Crippen MR) is 154 cm³/mol. The fourth-order valence-corrected chi connectivity index (χ4v) is 4.72. The van der Waals surface area contributed by atoms with Crippen LogP contribution in [0.3, 0.4) is 0 Å². The van der Waals surface area contributed by atoms with Crippen LogP contribution in [0, 0.1) is 5.82 Å². The Morgan fingerprint density at radius 3 is 2.76 bits per heavy atom. The fourth-order valence-electron chi connectivity index (χ4n) is 4.72. The number of nitrogens with zero attached hydrogens (tertiary/aromatic N) is 4. The van der Waals surface area contributed by atoms with Gasteiger partial charge in [0.1, 0.15) is 11.6 Å². The monoisotopic (exact) mass is 557 g/mol. The van der Waals surface area contributed by atoms with Crippen LogP contribution >= 0.6 is 0 Å². The van der Waals surface area contributed by atoms with Gasteiger partial charge in [-0.15, -0.1) is 6.58 Å². The molecule has 212 valence electrons. The lowest BCUT2D eigenvalue weighted by molar-refractivity contribution is -0.128. The smallest absolute Gasteiger partial charge is 0.252 e. The number of hydrogen-bond acceptors (Lipinski definition) is 6. The first-order chi connectivity index (χ1) is 20.0. The van der Waals surface area contributed by atoms with Crippen molar-refractivity contribution in [3.8, 4) is 5.75 Å². The second-order valence-electron chi connectivity index (χ2n) is 9.51. The summed E-state index contributed by atoms with van der Waals surface area (Å²) in [5.41, 5.74) is 10.3. The van der Waals surface area contributed by atoms with Crippen LogP contribution < -0.4 is 10.1 Å². The average Bonchev–Trinajstić information content (AvgIpc) is 3.37. The van der Waals surface area contributed by atoms with Gasteiger partial charge in [-0.05, 0) is 65.0 Å². The van der Waals surface area contributed by atoms with Gasteiger partial charge >= 0.3 is 0 Å². The Balaban J connectivity index is 1.68. The highest BCUT2D eigenvalue weighted by Gasteiger charge is 2.52. The number of hydrogen-bond donors (Lipinski definition) is 2. The average molecular weight is 558 g/mol. The molecule has 3 aromatic carbocycles. The third-order valence-electron chi connectivity index (χ3n) is 6.72. The second-order valence-corrected chi connectivity index (χ2v) is 9.51. The minimum atomic E-state index is -1.40. The topological polar surface area (TPSA) is 129 Å². The van der Waals surface area contributed by atoms with Crippen LogP contribution in [0.15, 0.2) is 95.6 Å². The van der Waals surface area contributed by atoms with E-state index in [2.05, 4.69) is 21.9 Å². The maximum absolute atomic E-state index is 14.0. The van der Waals surface area contributed by atoms with Crippen LogP contribution in [-0.4, -0.2) is 42.2 Å². The van der Waals surface area contributed by atoms with E-state index in [9.17, 15) is 9.18 Å². The summed E-state index contributed by atoms with van der Waals surface area (Å²) in [6, 6.07) is 20.7. The molecular weight excluding hydrogens is 525 g/mol. The standard InChI is InChI=1S/C31H32FN5O4/c1-2-16-31(30(39)34-17-15-22-7-5-9-25(32)20-22)28(27-10-4-3-8-24(27)21-35-37-33)41-29(36-31)23-11-13-26(14-12-23)40-19-6-18-38/h2-5,7-14,20,28,38H,1,6,15-19,21H2,(H,34,39)/t28-,31-/m1/s1. The first-order valence-corrected chi connectivity index (χ1v) is 13.3. The molecule has 41 heavy (non-hydrogen) atoms. The highest BCUT2D eigenvalue weighted by atomic mass is 19.1. The van der Waals surface area contributed by atoms with Crippen molar-refractivity contribution in [1.82, 2.24) is 5.32 Å². The van der Waals surface area contributed by atoms with Crippen molar-refractivity contribution in [2.45, 2.75) is 37.5 Å². The largest absolute Gasteiger partial charge is 0.494 e. The molecule has 1 amide bonds. The van der Waals surface area contributed by atoms with Crippen molar-refractivity contribution < 1.29 is 23.8 Å². The highest BCUT2D eigenvalue weighted by molar-refractivity contribution is 6.01. The highest BCUT2D eigenvalue weighted by Crippen LogP contribution is 2.44. The molecule has 0 spiro atoms. The van der Waals surface area contributed by atoms with Gasteiger partial charge in [0, 0.05) is 36.5 Å². The number of amides is 1. The number of aliphatic hydroxyl groups is 1. The molecule has 0 saturated heterocycles. The quantitative estimate of drug-likeness (QED) is 0.0880. The van der Waals surface area contributed by atoms with E-state index in [-0.39, 0.29) is 43.7 Å². The summed E-state index contributed by atoms with van der Waals surface area (Å²) in [6.45, 7) is 4.65. The summed E-state index contributed by atoms with van der Waals surface area (Å²) in [7, 11) is 0. The Hall–Kier alpha value is -4.66. The molecule has 3 aromatic rings. The van der Waals surface area contributed by atoms with Crippen LogP contribution in [0.1, 0.15) is 41.2 Å². The fraction of sp³-hybridized carbons (Fsp3) is 0.290. The van der Waals surface area contributed by atoms with Gasteiger partial charge in [0.2, 0.25) is 5.90 Å². The lowest BCUT2D eigenvalue weighted by Gasteiger charge is -2.30. The zero-order valence-electron chi connectivity index (χ0n) is 22.6. The van der Waals surface area contributed by atoms with Gasteiger partial charge in [0.05, 0.1) is 13.2 Å². The van der Waals surface area contributed by atoms with Crippen LogP contribution in [0.4, 0.5) is 4.39 Å². The molecule has 2 N–H and O–H groups in total. The van der Waals surface area contributed by atoms with Crippen LogP contribution in [-0.2, 0) is 22.5 Å². The number of nitrogens with one attached hydrogen (secondary N) is 1. The number of halogens is 1. The normalized spacial score (nSPS) is 17.6. The molecule has 0 bridgehead atoms. The Bertz CT molecular complexity index is 1440. The molecule has 0 aliphatic carbocycles. The number of carbonyl (C=O) groups excluding carboxylic acids is 1. The van der Waals surface area contributed by atoms with Crippen LogP contribution in [0.2, 0.25) is 0 Å². The Morgan fingerprint density at radius 1 is 1.22 bits per heavy atom. The zero-order valence-corrected chi connectivity index (χ0v) is 22.6. The molecule has 0 saturated carbocycles. The lowest BCUT2D eigenvalue weighted by atomic mass is 9.82. The Labute approximate surface area is 238 Å². The summed E-state index contributed by atoms with van der Waals surface area (Å²) in [5.74, 6) is 0.204. The summed E-state index contributed by atoms with van der Waals surface area (Å²) in [4.78, 5) is 21.7. The predicted octanol–water partition coefficient (Wildman–Crippen LogP) is 5.59. The van der Waals surface area contributed by atoms with Gasteiger partial charge in [-0.25, -0.2) is 9.38 Å². The molecule has 10 heteroatoms. The number of aliphatic hydroxyl groups excluding tert-OH is 1. The van der Waals surface area contributed by atoms with E-state index in [1.54, 1.807) is 42.5 Å². The van der Waals surface area contributed by atoms with E-state index in [0.717, 1.165) is 5.56 Å². The van der Waals surface area contributed by atoms with Gasteiger partial charge in [0.15, 0.2) is 11.6 Å². The molecular formula is C31H32FN5O4. The molecule has 9 nitrogen and oxygen atoms in total. The van der Waals surface area contributed by atoms with Crippen LogP contribution in [0.25, 0.3) is 10.4 Å². The summed E-state index contributed by atoms with van der Waals surface area (Å²) >= 11 is 0. The molecule has 0 aromatic heterocycles. The molecule has 1 aliphatic heterocycles. The third kappa shape index (κ3) is 7.11. The number of ether oxygens (including phenoxy) is 2. The second kappa shape index (κ2) is 14.1. The van der Waals surface area contributed by atoms with Crippen molar-refractivity contribution >= 4 is 11.8 Å². The van der Waals surface area contributed by atoms with Crippen molar-refractivity contribution in [3.63, 3.8) is 0 Å². The van der Waals surface area contributed by atoms with E-state index >= 15 is 0 Å². The third-order valence-corrected chi connectivity index (χ3v) is 6.72. The summed E-state index contributed by atoms with van der Waals surface area (Å²) in [5, 5.41) is 15.7. The van der Waals surface area contributed by atoms with E-state index in [1.165, 1.54) is 12.1 Å². The van der Waals surface area contributed by atoms with Gasteiger partial charge in [0.25, 0.3) is 5.91 Å². The minimum Gasteiger partial charge on any atom is -0.494 e. The lowest BCUT2D eigenvalue weighted by Crippen LogP contribution is -2.48. The maximum Gasteiger partial charge on any atom is 0.252 e. The summed E-state index contributed by atoms with van der Waals surface area (Å²) in [6.07, 6.45) is 1.91. The number of rotatable bonds is 14. The first kappa shape index (κ1) is 29.3. The number of carbonyl (C=O) groups is 1. The van der Waals surface area contributed by atoms with Crippen molar-refractivity contribution in [1.29, 1.82) is 0 Å². The van der Waals surface area contributed by atoms with Gasteiger partial charge in [-0.3, -0.25) is 4.79 Å². The summed E-state index contributed by atoms with van der Waals surface area (Å²) < 4.78 is 25.7. The molecule has 1 aliphatic rings. The molecule has 4 rings (SSSR count). The van der Waals surface area contributed by atoms with Gasteiger partial charge in [-0.1, -0.05) is 47.6 Å². The zero-order chi connectivity index (χ0) is 29.1. The molecule has 2 atom stereocenters. The molecule has 0 radical (unpaired) electrons. The first-order valence-electron chi connectivity index (χ1n) is 13.3.